The van der Waals surface area contributed by atoms with E-state index in [1.54, 1.807) is 0 Å². The van der Waals surface area contributed by atoms with Crippen molar-refractivity contribution >= 4 is 16.1 Å². The van der Waals surface area contributed by atoms with Gasteiger partial charge in [0.1, 0.15) is 22.7 Å². The zero-order chi connectivity index (χ0) is 15.5. The van der Waals surface area contributed by atoms with Gasteiger partial charge in [-0.15, -0.1) is 0 Å². The highest BCUT2D eigenvalue weighted by Crippen LogP contribution is 2.25. The molecule has 0 bridgehead atoms. The molecule has 0 unspecified atom stereocenters. The van der Waals surface area contributed by atoms with Crippen molar-refractivity contribution in [1.29, 1.82) is 0 Å². The van der Waals surface area contributed by atoms with E-state index in [0.29, 0.717) is 23.2 Å². The van der Waals surface area contributed by atoms with Crippen molar-refractivity contribution in [2.45, 2.75) is 10.6 Å². The molecule has 0 saturated carbocycles. The van der Waals surface area contributed by atoms with Crippen LogP contribution in [0.5, 0.6) is 5.75 Å². The number of aldehydes is 1. The maximum absolute atomic E-state index is 13.6. The molecule has 0 fully saturated rings. The Labute approximate surface area is 122 Å². The first-order valence-electron chi connectivity index (χ1n) is 6.07. The number of hydrogen-bond donors (Lipinski definition) is 0. The third-order valence-corrected chi connectivity index (χ3v) is 4.65. The molecule has 4 nitrogen and oxygen atoms in total. The van der Waals surface area contributed by atoms with Gasteiger partial charge in [-0.1, -0.05) is 12.1 Å². The average Bonchev–Trinajstić information content (AvgIpc) is 2.47. The Balaban J connectivity index is 2.46. The molecule has 0 radical (unpaired) electrons. The summed E-state index contributed by atoms with van der Waals surface area (Å²) in [6.45, 7) is 0. The van der Waals surface area contributed by atoms with Gasteiger partial charge in [-0.05, 0) is 30.3 Å². The maximum Gasteiger partial charge on any atom is 0.185 e. The van der Waals surface area contributed by atoms with Gasteiger partial charge in [-0.2, -0.15) is 0 Å². The third-order valence-electron chi connectivity index (χ3n) is 2.96. The maximum atomic E-state index is 13.6. The van der Waals surface area contributed by atoms with Crippen molar-refractivity contribution in [3.05, 3.63) is 59.4 Å². The molecule has 0 aromatic heterocycles. The first-order valence-corrected chi connectivity index (χ1v) is 7.72. The molecular weight excluding hydrogens is 295 g/mol. The highest BCUT2D eigenvalue weighted by molar-refractivity contribution is 7.90. The van der Waals surface area contributed by atoms with E-state index in [2.05, 4.69) is 0 Å². The van der Waals surface area contributed by atoms with E-state index < -0.39 is 21.4 Å². The molecule has 0 heterocycles. The van der Waals surface area contributed by atoms with Crippen LogP contribution < -0.4 is 4.74 Å². The summed E-state index contributed by atoms with van der Waals surface area (Å²) in [6.07, 6.45) is 0.610. The number of carbonyl (C=O) groups excluding carboxylic acids is 1. The van der Waals surface area contributed by atoms with Crippen molar-refractivity contribution in [2.75, 3.05) is 7.11 Å². The SMILES string of the molecule is COc1ccc(C=O)cc1CS(=O)(=O)c1ccccc1F. The Hall–Kier alpha value is -2.21. The minimum Gasteiger partial charge on any atom is -0.496 e. The van der Waals surface area contributed by atoms with E-state index in [1.807, 2.05) is 0 Å². The van der Waals surface area contributed by atoms with E-state index in [4.69, 9.17) is 4.74 Å². The van der Waals surface area contributed by atoms with Crippen LogP contribution in [0.15, 0.2) is 47.4 Å². The Morgan fingerprint density at radius 1 is 1.19 bits per heavy atom. The van der Waals surface area contributed by atoms with Crippen molar-refractivity contribution in [2.24, 2.45) is 0 Å². The molecule has 21 heavy (non-hydrogen) atoms. The van der Waals surface area contributed by atoms with Crippen LogP contribution in [0.4, 0.5) is 4.39 Å². The molecule has 0 aliphatic heterocycles. The van der Waals surface area contributed by atoms with Crippen molar-refractivity contribution in [3.8, 4) is 5.75 Å². The predicted octanol–water partition coefficient (Wildman–Crippen LogP) is 2.62. The van der Waals surface area contributed by atoms with Gasteiger partial charge in [-0.3, -0.25) is 4.79 Å². The number of hydrogen-bond acceptors (Lipinski definition) is 4. The van der Waals surface area contributed by atoms with Crippen LogP contribution in [-0.4, -0.2) is 21.8 Å². The number of rotatable bonds is 5. The summed E-state index contributed by atoms with van der Waals surface area (Å²) in [4.78, 5) is 10.4. The predicted molar refractivity (Wildman–Crippen MR) is 75.7 cm³/mol. The molecule has 0 atom stereocenters. The van der Waals surface area contributed by atoms with E-state index in [0.717, 1.165) is 6.07 Å². The summed E-state index contributed by atoms with van der Waals surface area (Å²) in [7, 11) is -2.47. The molecule has 0 aliphatic rings. The topological polar surface area (TPSA) is 60.4 Å². The number of ether oxygens (including phenoxy) is 1. The van der Waals surface area contributed by atoms with Crippen molar-refractivity contribution in [3.63, 3.8) is 0 Å². The normalized spacial score (nSPS) is 11.1. The van der Waals surface area contributed by atoms with Gasteiger partial charge in [0.05, 0.1) is 12.9 Å². The van der Waals surface area contributed by atoms with Gasteiger partial charge in [0.15, 0.2) is 9.84 Å². The summed E-state index contributed by atoms with van der Waals surface area (Å²) in [5, 5.41) is 0. The number of methoxy groups -OCH3 is 1. The van der Waals surface area contributed by atoms with Crippen LogP contribution in [0.25, 0.3) is 0 Å². The first-order chi connectivity index (χ1) is 9.97. The van der Waals surface area contributed by atoms with Gasteiger partial charge < -0.3 is 4.74 Å². The summed E-state index contributed by atoms with van der Waals surface area (Å²) in [6, 6.07) is 9.62. The molecule has 110 valence electrons. The van der Waals surface area contributed by atoms with Crippen LogP contribution in [0, 0.1) is 5.82 Å². The standard InChI is InChI=1S/C15H13FO4S/c1-20-14-7-6-11(9-17)8-12(14)10-21(18,19)15-5-3-2-4-13(15)16/h2-9H,10H2,1H3. The molecule has 0 spiro atoms. The molecule has 6 heteroatoms. The Kier molecular flexibility index (Phi) is 4.37. The lowest BCUT2D eigenvalue weighted by Gasteiger charge is -2.10. The fourth-order valence-electron chi connectivity index (χ4n) is 1.96. The molecule has 0 N–H and O–H groups in total. The second kappa shape index (κ2) is 6.05. The van der Waals surface area contributed by atoms with E-state index in [9.17, 15) is 17.6 Å². The Morgan fingerprint density at radius 3 is 2.52 bits per heavy atom. The summed E-state index contributed by atoms with van der Waals surface area (Å²) < 4.78 is 43.3. The lowest BCUT2D eigenvalue weighted by molar-refractivity contribution is 0.112. The fourth-order valence-corrected chi connectivity index (χ4v) is 3.41. The second-order valence-electron chi connectivity index (χ2n) is 4.38. The van der Waals surface area contributed by atoms with Crippen LogP contribution in [-0.2, 0) is 15.6 Å². The molecule has 0 saturated heterocycles. The van der Waals surface area contributed by atoms with Crippen molar-refractivity contribution < 1.29 is 22.3 Å². The number of carbonyl (C=O) groups is 1. The largest absolute Gasteiger partial charge is 0.496 e. The van der Waals surface area contributed by atoms with Crippen LogP contribution >= 0.6 is 0 Å². The lowest BCUT2D eigenvalue weighted by atomic mass is 10.1. The molecule has 2 rings (SSSR count). The zero-order valence-electron chi connectivity index (χ0n) is 11.2. The molecule has 2 aromatic rings. The Morgan fingerprint density at radius 2 is 1.90 bits per heavy atom. The smallest absolute Gasteiger partial charge is 0.185 e. The van der Waals surface area contributed by atoms with Crippen LogP contribution in [0.1, 0.15) is 15.9 Å². The fraction of sp³-hybridized carbons (Fsp3) is 0.133. The van der Waals surface area contributed by atoms with Crippen LogP contribution in [0.2, 0.25) is 0 Å². The summed E-state index contributed by atoms with van der Waals surface area (Å²) >= 11 is 0. The van der Waals surface area contributed by atoms with Gasteiger partial charge in [0.2, 0.25) is 0 Å². The summed E-state index contributed by atoms with van der Waals surface area (Å²) in [5.41, 5.74) is 0.639. The van der Waals surface area contributed by atoms with E-state index in [1.165, 1.54) is 43.5 Å². The lowest BCUT2D eigenvalue weighted by Crippen LogP contribution is -2.08. The number of halogens is 1. The number of sulfone groups is 1. The molecule has 0 aliphatic carbocycles. The molecule has 0 amide bonds. The highest BCUT2D eigenvalue weighted by Gasteiger charge is 2.21. The molecular formula is C15H13FO4S. The van der Waals surface area contributed by atoms with Gasteiger partial charge >= 0.3 is 0 Å². The zero-order valence-corrected chi connectivity index (χ0v) is 12.1. The van der Waals surface area contributed by atoms with Crippen LogP contribution in [0.3, 0.4) is 0 Å². The van der Waals surface area contributed by atoms with Gasteiger partial charge in [0.25, 0.3) is 0 Å². The first kappa shape index (κ1) is 15.2. The Bertz CT molecular complexity index is 769. The van der Waals surface area contributed by atoms with Gasteiger partial charge in [0, 0.05) is 11.1 Å². The molecule has 2 aromatic carbocycles. The second-order valence-corrected chi connectivity index (χ2v) is 6.34. The minimum atomic E-state index is -3.87. The average molecular weight is 308 g/mol. The van der Waals surface area contributed by atoms with Crippen molar-refractivity contribution in [1.82, 2.24) is 0 Å². The highest BCUT2D eigenvalue weighted by atomic mass is 32.2. The third kappa shape index (κ3) is 3.28. The monoisotopic (exact) mass is 308 g/mol. The van der Waals surface area contributed by atoms with E-state index >= 15 is 0 Å². The quantitative estimate of drug-likeness (QED) is 0.797. The number of benzene rings is 2. The van der Waals surface area contributed by atoms with E-state index in [-0.39, 0.29) is 4.90 Å². The van der Waals surface area contributed by atoms with Gasteiger partial charge in [-0.25, -0.2) is 12.8 Å². The minimum absolute atomic E-state index is 0.311. The summed E-state index contributed by atoms with van der Waals surface area (Å²) in [5.74, 6) is -0.915.